The van der Waals surface area contributed by atoms with E-state index in [4.69, 9.17) is 11.6 Å². The predicted molar refractivity (Wildman–Crippen MR) is 73.4 cm³/mol. The number of hydrogen-bond acceptors (Lipinski definition) is 1. The average Bonchev–Trinajstić information content (AvgIpc) is 2.69. The number of hydrogen-bond donors (Lipinski definition) is 0. The van der Waals surface area contributed by atoms with E-state index < -0.39 is 11.6 Å². The van der Waals surface area contributed by atoms with Gasteiger partial charge in [0.05, 0.1) is 10.9 Å². The molecule has 0 bridgehead atoms. The van der Waals surface area contributed by atoms with Crippen molar-refractivity contribution in [2.24, 2.45) is 0 Å². The Balaban J connectivity index is 2.52. The minimum atomic E-state index is -0.636. The summed E-state index contributed by atoms with van der Waals surface area (Å²) < 4.78 is 28.9. The first kappa shape index (κ1) is 14.3. The maximum Gasteiger partial charge on any atom is 0.153 e. The van der Waals surface area contributed by atoms with Gasteiger partial charge in [0, 0.05) is 12.6 Å². The molecule has 0 amide bonds. The van der Waals surface area contributed by atoms with Crippen molar-refractivity contribution in [3.8, 4) is 0 Å². The van der Waals surface area contributed by atoms with E-state index in [-0.39, 0.29) is 10.9 Å². The van der Waals surface area contributed by atoms with Crippen LogP contribution in [0.5, 0.6) is 0 Å². The Morgan fingerprint density at radius 1 is 1.32 bits per heavy atom. The number of alkyl halides is 1. The van der Waals surface area contributed by atoms with Crippen molar-refractivity contribution in [3.05, 3.63) is 29.6 Å². The first-order valence-electron chi connectivity index (χ1n) is 6.53. The summed E-state index contributed by atoms with van der Waals surface area (Å²) in [5.74, 6) is -0.629. The van der Waals surface area contributed by atoms with E-state index in [9.17, 15) is 8.78 Å². The van der Waals surface area contributed by atoms with Gasteiger partial charge in [0.1, 0.15) is 17.2 Å². The highest BCUT2D eigenvalue weighted by molar-refractivity contribution is 6.20. The van der Waals surface area contributed by atoms with Crippen molar-refractivity contribution in [3.63, 3.8) is 0 Å². The zero-order chi connectivity index (χ0) is 14.0. The Hall–Kier alpha value is -1.16. The molecule has 0 N–H and O–H groups in total. The summed E-state index contributed by atoms with van der Waals surface area (Å²) in [7, 11) is 0. The lowest BCUT2D eigenvalue weighted by atomic mass is 10.2. The fourth-order valence-electron chi connectivity index (χ4n) is 2.23. The van der Waals surface area contributed by atoms with Gasteiger partial charge in [-0.05, 0) is 19.4 Å². The summed E-state index contributed by atoms with van der Waals surface area (Å²) in [6.45, 7) is 4.57. The van der Waals surface area contributed by atoms with Crippen LogP contribution < -0.4 is 0 Å². The van der Waals surface area contributed by atoms with E-state index in [2.05, 4.69) is 11.9 Å². The normalized spacial score (nSPS) is 13.1. The molecule has 0 aliphatic heterocycles. The molecule has 2 aromatic rings. The largest absolute Gasteiger partial charge is 0.327 e. The van der Waals surface area contributed by atoms with E-state index in [1.54, 1.807) is 6.92 Å². The molecule has 5 heteroatoms. The Morgan fingerprint density at radius 2 is 2.05 bits per heavy atom. The molecule has 1 aromatic carbocycles. The molecule has 1 heterocycles. The highest BCUT2D eigenvalue weighted by Gasteiger charge is 2.18. The topological polar surface area (TPSA) is 17.8 Å². The molecule has 0 saturated carbocycles. The van der Waals surface area contributed by atoms with Gasteiger partial charge in [-0.3, -0.25) is 0 Å². The van der Waals surface area contributed by atoms with Crippen LogP contribution in [0.15, 0.2) is 12.1 Å². The number of rotatable bonds is 5. The Bertz CT molecular complexity index is 578. The van der Waals surface area contributed by atoms with Crippen molar-refractivity contribution >= 4 is 22.6 Å². The molecule has 104 valence electrons. The second-order valence-electron chi connectivity index (χ2n) is 4.70. The predicted octanol–water partition coefficient (Wildman–Crippen LogP) is 4.80. The molecule has 1 aromatic heterocycles. The van der Waals surface area contributed by atoms with Crippen LogP contribution in [-0.4, -0.2) is 9.55 Å². The van der Waals surface area contributed by atoms with Crippen LogP contribution >= 0.6 is 11.6 Å². The van der Waals surface area contributed by atoms with Gasteiger partial charge in [-0.25, -0.2) is 13.8 Å². The molecule has 1 unspecified atom stereocenters. The zero-order valence-electron chi connectivity index (χ0n) is 11.1. The standard InChI is InChI=1S/C14H17ClF2N2/c1-3-4-5-6-19-12-8-10(16)7-11(17)13(12)18-14(19)9(2)15/h7-9H,3-6H2,1-2H3. The van der Waals surface area contributed by atoms with E-state index in [1.807, 2.05) is 4.57 Å². The number of aryl methyl sites for hydroxylation is 1. The van der Waals surface area contributed by atoms with Gasteiger partial charge in [-0.2, -0.15) is 0 Å². The number of benzene rings is 1. The fourth-order valence-corrected chi connectivity index (χ4v) is 2.39. The fraction of sp³-hybridized carbons (Fsp3) is 0.500. The molecule has 0 saturated heterocycles. The molecule has 0 radical (unpaired) electrons. The van der Waals surface area contributed by atoms with Crippen LogP contribution in [-0.2, 0) is 6.54 Å². The molecule has 1 atom stereocenters. The summed E-state index contributed by atoms with van der Waals surface area (Å²) in [5.41, 5.74) is 0.677. The van der Waals surface area contributed by atoms with Gasteiger partial charge in [0.25, 0.3) is 0 Å². The van der Waals surface area contributed by atoms with Crippen LogP contribution in [0.1, 0.15) is 44.3 Å². The van der Waals surface area contributed by atoms with Gasteiger partial charge in [-0.1, -0.05) is 19.8 Å². The minimum Gasteiger partial charge on any atom is -0.327 e. The van der Waals surface area contributed by atoms with Crippen molar-refractivity contribution in [1.82, 2.24) is 9.55 Å². The summed E-state index contributed by atoms with van der Waals surface area (Å²) >= 11 is 6.09. The van der Waals surface area contributed by atoms with Crippen LogP contribution in [0, 0.1) is 11.6 Å². The number of unbranched alkanes of at least 4 members (excludes halogenated alkanes) is 2. The van der Waals surface area contributed by atoms with E-state index in [0.29, 0.717) is 17.9 Å². The van der Waals surface area contributed by atoms with Crippen molar-refractivity contribution in [2.45, 2.75) is 45.0 Å². The van der Waals surface area contributed by atoms with Gasteiger partial charge in [-0.15, -0.1) is 11.6 Å². The second-order valence-corrected chi connectivity index (χ2v) is 5.35. The molecular formula is C14H17ClF2N2. The van der Waals surface area contributed by atoms with Crippen LogP contribution in [0.25, 0.3) is 11.0 Å². The Kier molecular flexibility index (Phi) is 4.40. The monoisotopic (exact) mass is 286 g/mol. The minimum absolute atomic E-state index is 0.195. The maximum absolute atomic E-state index is 13.7. The molecule has 2 nitrogen and oxygen atoms in total. The molecule has 2 rings (SSSR count). The zero-order valence-corrected chi connectivity index (χ0v) is 11.8. The number of halogens is 3. The second kappa shape index (κ2) is 5.87. The first-order chi connectivity index (χ1) is 9.04. The van der Waals surface area contributed by atoms with Gasteiger partial charge in [0.15, 0.2) is 5.82 Å². The van der Waals surface area contributed by atoms with Crippen molar-refractivity contribution in [2.75, 3.05) is 0 Å². The van der Waals surface area contributed by atoms with Crippen LogP contribution in [0.3, 0.4) is 0 Å². The highest BCUT2D eigenvalue weighted by Crippen LogP contribution is 2.27. The molecule has 0 aliphatic carbocycles. The van der Waals surface area contributed by atoms with E-state index in [1.165, 1.54) is 6.07 Å². The SMILES string of the molecule is CCCCCn1c(C(C)Cl)nc2c(F)cc(F)cc21. The highest BCUT2D eigenvalue weighted by atomic mass is 35.5. The van der Waals surface area contributed by atoms with Gasteiger partial charge >= 0.3 is 0 Å². The molecule has 0 fully saturated rings. The van der Waals surface area contributed by atoms with E-state index >= 15 is 0 Å². The van der Waals surface area contributed by atoms with Crippen molar-refractivity contribution in [1.29, 1.82) is 0 Å². The van der Waals surface area contributed by atoms with Crippen LogP contribution in [0.2, 0.25) is 0 Å². The van der Waals surface area contributed by atoms with Gasteiger partial charge < -0.3 is 4.57 Å². The smallest absolute Gasteiger partial charge is 0.153 e. The average molecular weight is 287 g/mol. The third kappa shape index (κ3) is 2.89. The third-order valence-corrected chi connectivity index (χ3v) is 3.34. The number of imidazole rings is 1. The third-order valence-electron chi connectivity index (χ3n) is 3.14. The van der Waals surface area contributed by atoms with Crippen LogP contribution in [0.4, 0.5) is 8.78 Å². The lowest BCUT2D eigenvalue weighted by Gasteiger charge is -2.10. The Labute approximate surface area is 116 Å². The summed E-state index contributed by atoms with van der Waals surface area (Å²) in [6.07, 6.45) is 3.09. The molecule has 0 spiro atoms. The molecule has 0 aliphatic rings. The quantitative estimate of drug-likeness (QED) is 0.570. The number of aromatic nitrogens is 2. The maximum atomic E-state index is 13.7. The lowest BCUT2D eigenvalue weighted by Crippen LogP contribution is -2.04. The Morgan fingerprint density at radius 3 is 2.68 bits per heavy atom. The molecular weight excluding hydrogens is 270 g/mol. The molecule has 19 heavy (non-hydrogen) atoms. The lowest BCUT2D eigenvalue weighted by molar-refractivity contribution is 0.582. The summed E-state index contributed by atoms with van der Waals surface area (Å²) in [4.78, 5) is 4.22. The number of fused-ring (bicyclic) bond motifs is 1. The number of nitrogens with zero attached hydrogens (tertiary/aromatic N) is 2. The van der Waals surface area contributed by atoms with Crippen molar-refractivity contribution < 1.29 is 8.78 Å². The van der Waals surface area contributed by atoms with Gasteiger partial charge in [0.2, 0.25) is 0 Å². The first-order valence-corrected chi connectivity index (χ1v) is 6.97. The van der Waals surface area contributed by atoms with E-state index in [0.717, 1.165) is 25.3 Å². The summed E-state index contributed by atoms with van der Waals surface area (Å²) in [6, 6.07) is 2.18. The summed E-state index contributed by atoms with van der Waals surface area (Å²) in [5, 5.41) is -0.337.